The quantitative estimate of drug-likeness (QED) is 0.0342. The molecule has 3 atom stereocenters. The van der Waals surface area contributed by atoms with Gasteiger partial charge in [-0.15, -0.1) is 23.1 Å². The predicted octanol–water partition coefficient (Wildman–Crippen LogP) is 8.45. The molecule has 3 aliphatic rings. The zero-order chi connectivity index (χ0) is 43.2. The van der Waals surface area contributed by atoms with E-state index in [9.17, 15) is 9.59 Å². The van der Waals surface area contributed by atoms with E-state index in [0.29, 0.717) is 29.6 Å². The third kappa shape index (κ3) is 8.64. The molecule has 2 fully saturated rings. The highest BCUT2D eigenvalue weighted by Gasteiger charge is 2.54. The van der Waals surface area contributed by atoms with Crippen LogP contribution in [0.4, 0.5) is 5.13 Å². The molecule has 0 radical (unpaired) electrons. The number of hydrogen-bond donors (Lipinski definition) is 2. The summed E-state index contributed by atoms with van der Waals surface area (Å²) in [5.41, 5.74) is 5.65. The molecule has 2 saturated heterocycles. The number of thioether (sulfide) groups is 1. The molecule has 3 aliphatic heterocycles. The van der Waals surface area contributed by atoms with E-state index in [4.69, 9.17) is 36.3 Å². The van der Waals surface area contributed by atoms with Gasteiger partial charge in [-0.1, -0.05) is 157 Å². The molecule has 14 heteroatoms. The standard InChI is InChI=1S/C49H43N5O6S3/c1-57-53-40(39-30-63-48(50-39)52-49(35-21-11-4-12-22-35,36-23-13-5-14-24-36)37-25-15-6-16-26-37)44(55)51-41-45(56)54-42(34(29-62-46(41)54)27-38-28-58-31-59-38)47(61)60-43(32-17-7-2-8-18-32)33-19-9-3-10-20-33/h2-26,30,38,41,43,46H,27-29,31H2,1H3,(H,50,52)(H,51,55)/b53-40+/t38?,41?,46-/m1/s1. The van der Waals surface area contributed by atoms with Crippen molar-refractivity contribution in [3.05, 3.63) is 202 Å². The summed E-state index contributed by atoms with van der Waals surface area (Å²) in [7, 11) is 1.37. The molecule has 11 nitrogen and oxygen atoms in total. The highest BCUT2D eigenvalue weighted by Crippen LogP contribution is 2.44. The van der Waals surface area contributed by atoms with Crippen molar-refractivity contribution in [3.63, 3.8) is 0 Å². The van der Waals surface area contributed by atoms with Crippen molar-refractivity contribution in [2.24, 2.45) is 5.16 Å². The molecule has 0 spiro atoms. The topological polar surface area (TPSA) is 124 Å². The number of amides is 2. The van der Waals surface area contributed by atoms with Crippen molar-refractivity contribution in [2.45, 2.75) is 35.6 Å². The van der Waals surface area contributed by atoms with Crippen LogP contribution in [0.1, 0.15) is 46.0 Å². The summed E-state index contributed by atoms with van der Waals surface area (Å²) in [6, 6.07) is 49.3. The summed E-state index contributed by atoms with van der Waals surface area (Å²) in [5, 5.41) is 12.9. The summed E-state index contributed by atoms with van der Waals surface area (Å²) in [5.74, 6) is -0.394. The second-order valence-corrected chi connectivity index (χ2v) is 17.4. The Morgan fingerprint density at radius 1 is 0.873 bits per heavy atom. The Morgan fingerprint density at radius 3 is 1.95 bits per heavy atom. The van der Waals surface area contributed by atoms with Gasteiger partial charge in [-0.3, -0.25) is 14.5 Å². The minimum atomic E-state index is -0.882. The Labute approximate surface area is 379 Å². The van der Waals surface area contributed by atoms with Gasteiger partial charge in [-0.05, 0) is 45.6 Å². The van der Waals surface area contributed by atoms with Crippen LogP contribution in [-0.2, 0) is 34.2 Å². The first-order chi connectivity index (χ1) is 30.9. The lowest BCUT2D eigenvalue weighted by molar-refractivity contribution is -0.144. The Balaban J connectivity index is 0.976. The Bertz CT molecular complexity index is 2470. The molecule has 318 valence electrons. The first-order valence-electron chi connectivity index (χ1n) is 20.4. The summed E-state index contributed by atoms with van der Waals surface area (Å²) in [6.07, 6.45) is -0.210. The van der Waals surface area contributed by atoms with Crippen LogP contribution in [0.15, 0.2) is 173 Å². The average Bonchev–Trinajstić information content (AvgIpc) is 4.04. The lowest BCUT2D eigenvalue weighted by Gasteiger charge is -2.50. The van der Waals surface area contributed by atoms with E-state index in [1.165, 1.54) is 18.4 Å². The predicted molar refractivity (Wildman–Crippen MR) is 249 cm³/mol. The number of carbonyl (C=O) groups is 2. The van der Waals surface area contributed by atoms with E-state index in [2.05, 4.69) is 52.2 Å². The Morgan fingerprint density at radius 2 is 1.43 bits per heavy atom. The maximum Gasteiger partial charge on any atom is 0.276 e. The molecular weight excluding hydrogens is 851 g/mol. The second kappa shape index (κ2) is 19.1. The van der Waals surface area contributed by atoms with Crippen molar-refractivity contribution in [2.75, 3.05) is 31.6 Å². The number of β-lactam (4-membered cyclic amide) rings is 1. The van der Waals surface area contributed by atoms with Crippen LogP contribution < -0.4 is 10.6 Å². The lowest BCUT2D eigenvalue weighted by atomic mass is 9.77. The molecule has 2 N–H and O–H groups in total. The summed E-state index contributed by atoms with van der Waals surface area (Å²) >= 11 is 8.97. The highest BCUT2D eigenvalue weighted by molar-refractivity contribution is 8.00. The van der Waals surface area contributed by atoms with Crippen molar-refractivity contribution < 1.29 is 28.6 Å². The Kier molecular flexibility index (Phi) is 12.8. The highest BCUT2D eigenvalue weighted by atomic mass is 32.2. The number of anilines is 1. The summed E-state index contributed by atoms with van der Waals surface area (Å²) in [4.78, 5) is 40.3. The molecule has 63 heavy (non-hydrogen) atoms. The largest absolute Gasteiger partial charge is 0.469 e. The maximum atomic E-state index is 14.3. The average molecular weight is 894 g/mol. The molecule has 9 rings (SSSR count). The number of oxime groups is 1. The molecule has 0 saturated carbocycles. The SMILES string of the molecule is CO/N=C(/C(=O)NC1C(=O)N2C(C(=S)OC(c3ccccc3)c3ccccc3)=C(CC3COCO3)CS[C@H]12)c1csc(NC(c2ccccc2)(c2ccccc2)c2ccccc2)n1. The van der Waals surface area contributed by atoms with E-state index in [-0.39, 0.29) is 35.3 Å². The van der Waals surface area contributed by atoms with Gasteiger partial charge in [0.25, 0.3) is 11.8 Å². The van der Waals surface area contributed by atoms with Crippen LogP contribution in [-0.4, -0.2) is 76.2 Å². The number of rotatable bonds is 15. The third-order valence-electron chi connectivity index (χ3n) is 11.2. The first-order valence-corrected chi connectivity index (χ1v) is 22.8. The molecule has 4 heterocycles. The van der Waals surface area contributed by atoms with Crippen molar-refractivity contribution in [1.82, 2.24) is 15.2 Å². The fraction of sp³-hybridized carbons (Fsp3) is 0.204. The van der Waals surface area contributed by atoms with Crippen LogP contribution in [0.2, 0.25) is 0 Å². The maximum absolute atomic E-state index is 14.3. The summed E-state index contributed by atoms with van der Waals surface area (Å²) in [6.45, 7) is 0.643. The molecular formula is C49H43N5O6S3. The van der Waals surface area contributed by atoms with Gasteiger partial charge < -0.3 is 29.7 Å². The number of carbonyl (C=O) groups excluding carboxylic acids is 2. The van der Waals surface area contributed by atoms with E-state index >= 15 is 0 Å². The number of thiocarbonyl (C=S) groups is 1. The number of benzene rings is 5. The van der Waals surface area contributed by atoms with Gasteiger partial charge in [0, 0.05) is 17.6 Å². The number of fused-ring (bicyclic) bond motifs is 1. The smallest absolute Gasteiger partial charge is 0.276 e. The van der Waals surface area contributed by atoms with Crippen LogP contribution >= 0.6 is 35.3 Å². The van der Waals surface area contributed by atoms with Gasteiger partial charge in [-0.25, -0.2) is 4.98 Å². The molecule has 1 aromatic heterocycles. The second-order valence-electron chi connectivity index (χ2n) is 15.0. The van der Waals surface area contributed by atoms with E-state index in [1.54, 1.807) is 22.0 Å². The normalized spacial score (nSPS) is 18.7. The van der Waals surface area contributed by atoms with Gasteiger partial charge in [-0.2, -0.15) is 0 Å². The molecule has 2 unspecified atom stereocenters. The van der Waals surface area contributed by atoms with Crippen molar-refractivity contribution >= 4 is 63.0 Å². The number of hydrogen-bond acceptors (Lipinski definition) is 12. The third-order valence-corrected chi connectivity index (χ3v) is 13.6. The lowest BCUT2D eigenvalue weighted by Crippen LogP contribution is -2.71. The van der Waals surface area contributed by atoms with Crippen LogP contribution in [0.25, 0.3) is 0 Å². The van der Waals surface area contributed by atoms with Gasteiger partial charge in [0.15, 0.2) is 10.8 Å². The van der Waals surface area contributed by atoms with Crippen LogP contribution in [0.5, 0.6) is 0 Å². The van der Waals surface area contributed by atoms with Gasteiger partial charge in [0.05, 0.1) is 18.4 Å². The van der Waals surface area contributed by atoms with Crippen LogP contribution in [0, 0.1) is 0 Å². The van der Waals surface area contributed by atoms with Gasteiger partial charge >= 0.3 is 0 Å². The van der Waals surface area contributed by atoms with E-state index in [1.807, 2.05) is 115 Å². The fourth-order valence-electron chi connectivity index (χ4n) is 8.23. The van der Waals surface area contributed by atoms with Gasteiger partial charge in [0.2, 0.25) is 5.05 Å². The van der Waals surface area contributed by atoms with Crippen LogP contribution in [0.3, 0.4) is 0 Å². The van der Waals surface area contributed by atoms with E-state index in [0.717, 1.165) is 33.4 Å². The first kappa shape index (κ1) is 42.2. The van der Waals surface area contributed by atoms with Crippen molar-refractivity contribution in [1.29, 1.82) is 0 Å². The Hall–Kier alpha value is -6.16. The van der Waals surface area contributed by atoms with Crippen molar-refractivity contribution in [3.8, 4) is 0 Å². The number of ether oxygens (including phenoxy) is 3. The zero-order valence-electron chi connectivity index (χ0n) is 34.2. The minimum Gasteiger partial charge on any atom is -0.469 e. The number of nitrogens with one attached hydrogen (secondary N) is 2. The monoisotopic (exact) mass is 893 g/mol. The number of nitrogens with zero attached hydrogens (tertiary/aromatic N) is 3. The molecule has 6 aromatic rings. The number of thiazole rings is 1. The molecule has 0 bridgehead atoms. The minimum absolute atomic E-state index is 0.0687. The fourth-order valence-corrected chi connectivity index (χ4v) is 10.7. The van der Waals surface area contributed by atoms with Gasteiger partial charge in [0.1, 0.15) is 42.7 Å². The zero-order valence-corrected chi connectivity index (χ0v) is 36.6. The molecule has 5 aromatic carbocycles. The number of aromatic nitrogens is 1. The molecule has 0 aliphatic carbocycles. The van der Waals surface area contributed by atoms with E-state index < -0.39 is 29.0 Å². The summed E-state index contributed by atoms with van der Waals surface area (Å²) < 4.78 is 18.0. The molecule has 2 amide bonds.